The van der Waals surface area contributed by atoms with Crippen molar-refractivity contribution in [1.82, 2.24) is 4.98 Å². The first-order valence-corrected chi connectivity index (χ1v) is 4.72. The lowest BCUT2D eigenvalue weighted by molar-refractivity contribution is -0.111. The average molecular weight is 240 g/mol. The first-order chi connectivity index (χ1) is 7.49. The minimum atomic E-state index is -0.837. The molecule has 0 atom stereocenters. The molecule has 1 aromatic rings. The number of nitrogens with one attached hydrogen (secondary N) is 1. The molecule has 0 saturated heterocycles. The van der Waals surface area contributed by atoms with E-state index in [2.05, 4.69) is 4.98 Å². The zero-order valence-electron chi connectivity index (χ0n) is 8.13. The summed E-state index contributed by atoms with van der Waals surface area (Å²) < 4.78 is 0. The normalized spacial score (nSPS) is 15.4. The number of hydrogen-bond acceptors (Lipinski definition) is 4. The summed E-state index contributed by atoms with van der Waals surface area (Å²) in [5.74, 6) is -2.02. The van der Waals surface area contributed by atoms with E-state index in [1.165, 1.54) is 6.92 Å². The van der Waals surface area contributed by atoms with Crippen molar-refractivity contribution >= 4 is 35.2 Å². The maximum absolute atomic E-state index is 11.6. The van der Waals surface area contributed by atoms with Crippen LogP contribution in [-0.4, -0.2) is 27.9 Å². The Morgan fingerprint density at radius 2 is 1.94 bits per heavy atom. The minimum absolute atomic E-state index is 0.0224. The van der Waals surface area contributed by atoms with E-state index in [9.17, 15) is 19.5 Å². The van der Waals surface area contributed by atoms with Gasteiger partial charge in [0.1, 0.15) is 10.9 Å². The predicted octanol–water partition coefficient (Wildman–Crippen LogP) is 1.53. The van der Waals surface area contributed by atoms with Gasteiger partial charge >= 0.3 is 0 Å². The SMILES string of the molecule is CC1=C(O)c2[nH]c(Cl)c(C=O)c2C(=O)C1=O. The molecule has 0 spiro atoms. The van der Waals surface area contributed by atoms with E-state index in [4.69, 9.17) is 11.6 Å². The third-order valence-electron chi connectivity index (χ3n) is 2.47. The van der Waals surface area contributed by atoms with E-state index in [0.29, 0.717) is 6.29 Å². The molecule has 82 valence electrons. The summed E-state index contributed by atoms with van der Waals surface area (Å²) >= 11 is 5.68. The molecular weight excluding hydrogens is 234 g/mol. The second-order valence-electron chi connectivity index (χ2n) is 3.35. The zero-order valence-corrected chi connectivity index (χ0v) is 8.88. The Bertz CT molecular complexity index is 568. The lowest BCUT2D eigenvalue weighted by atomic mass is 9.92. The van der Waals surface area contributed by atoms with Gasteiger partial charge in [-0.1, -0.05) is 11.6 Å². The number of aliphatic hydroxyl groups is 1. The summed E-state index contributed by atoms with van der Waals surface area (Å²) in [6, 6.07) is 0. The second kappa shape index (κ2) is 3.31. The number of rotatable bonds is 1. The number of Topliss-reactive ketones (excluding diaryl/α,β-unsaturated/α-hetero) is 2. The summed E-state index contributed by atoms with van der Waals surface area (Å²) in [6.07, 6.45) is 0.372. The number of aromatic nitrogens is 1. The highest BCUT2D eigenvalue weighted by atomic mass is 35.5. The number of fused-ring (bicyclic) bond motifs is 1. The number of aromatic amines is 1. The Morgan fingerprint density at radius 1 is 1.31 bits per heavy atom. The highest BCUT2D eigenvalue weighted by molar-refractivity contribution is 6.53. The van der Waals surface area contributed by atoms with Crippen LogP contribution in [0.15, 0.2) is 5.57 Å². The Kier molecular flexibility index (Phi) is 2.20. The third kappa shape index (κ3) is 1.15. The number of aliphatic hydroxyl groups excluding tert-OH is 1. The number of ketones is 2. The summed E-state index contributed by atoms with van der Waals surface area (Å²) in [4.78, 5) is 36.3. The summed E-state index contributed by atoms with van der Waals surface area (Å²) in [5, 5.41) is 9.58. The fourth-order valence-corrected chi connectivity index (χ4v) is 1.82. The van der Waals surface area contributed by atoms with Crippen molar-refractivity contribution in [3.8, 4) is 0 Å². The lowest BCUT2D eigenvalue weighted by Crippen LogP contribution is -2.23. The second-order valence-corrected chi connectivity index (χ2v) is 3.73. The van der Waals surface area contributed by atoms with Crippen LogP contribution >= 0.6 is 11.6 Å². The molecule has 0 fully saturated rings. The van der Waals surface area contributed by atoms with E-state index in [0.717, 1.165) is 0 Å². The molecule has 0 amide bonds. The van der Waals surface area contributed by atoms with Crippen molar-refractivity contribution in [3.63, 3.8) is 0 Å². The zero-order chi connectivity index (χ0) is 12.0. The van der Waals surface area contributed by atoms with Gasteiger partial charge in [-0.15, -0.1) is 0 Å². The Morgan fingerprint density at radius 3 is 2.50 bits per heavy atom. The molecule has 5 nitrogen and oxygen atoms in total. The minimum Gasteiger partial charge on any atom is -0.505 e. The molecule has 0 unspecified atom stereocenters. The van der Waals surface area contributed by atoms with Gasteiger partial charge in [0.05, 0.1) is 16.8 Å². The van der Waals surface area contributed by atoms with Crippen molar-refractivity contribution in [2.75, 3.05) is 0 Å². The fourth-order valence-electron chi connectivity index (χ4n) is 1.59. The van der Waals surface area contributed by atoms with Crippen LogP contribution in [0.4, 0.5) is 0 Å². The van der Waals surface area contributed by atoms with Crippen LogP contribution in [0.5, 0.6) is 0 Å². The number of aldehydes is 1. The monoisotopic (exact) mass is 239 g/mol. The number of H-pyrrole nitrogens is 1. The van der Waals surface area contributed by atoms with Crippen LogP contribution in [0.25, 0.3) is 5.76 Å². The first kappa shape index (κ1) is 10.6. The Balaban J connectivity index is 2.86. The topological polar surface area (TPSA) is 87.2 Å². The highest BCUT2D eigenvalue weighted by Gasteiger charge is 2.35. The summed E-state index contributed by atoms with van der Waals surface area (Å²) in [6.45, 7) is 1.33. The molecule has 6 heteroatoms. The van der Waals surface area contributed by atoms with Crippen LogP contribution in [-0.2, 0) is 4.79 Å². The quantitative estimate of drug-likeness (QED) is 0.575. The first-order valence-electron chi connectivity index (χ1n) is 4.35. The number of carbonyl (C=O) groups is 3. The molecule has 0 saturated carbocycles. The van der Waals surface area contributed by atoms with Crippen molar-refractivity contribution in [2.24, 2.45) is 0 Å². The van der Waals surface area contributed by atoms with Crippen molar-refractivity contribution in [1.29, 1.82) is 0 Å². The molecular formula is C10H6ClNO4. The van der Waals surface area contributed by atoms with Gasteiger partial charge in [0.25, 0.3) is 0 Å². The van der Waals surface area contributed by atoms with Crippen LogP contribution in [0.3, 0.4) is 0 Å². The van der Waals surface area contributed by atoms with E-state index >= 15 is 0 Å². The molecule has 0 aromatic carbocycles. The summed E-state index contributed by atoms with van der Waals surface area (Å²) in [7, 11) is 0. The van der Waals surface area contributed by atoms with Gasteiger partial charge in [0, 0.05) is 5.57 Å². The molecule has 2 rings (SSSR count). The Hall–Kier alpha value is -1.88. The molecule has 1 heterocycles. The van der Waals surface area contributed by atoms with E-state index in [1.54, 1.807) is 0 Å². The van der Waals surface area contributed by atoms with Gasteiger partial charge in [-0.05, 0) is 6.92 Å². The smallest absolute Gasteiger partial charge is 0.236 e. The van der Waals surface area contributed by atoms with E-state index in [-0.39, 0.29) is 33.3 Å². The average Bonchev–Trinajstić information content (AvgIpc) is 2.60. The van der Waals surface area contributed by atoms with Crippen LogP contribution < -0.4 is 0 Å². The van der Waals surface area contributed by atoms with Crippen LogP contribution in [0.1, 0.15) is 33.3 Å². The van der Waals surface area contributed by atoms with Crippen molar-refractivity contribution < 1.29 is 19.5 Å². The van der Waals surface area contributed by atoms with Crippen molar-refractivity contribution in [2.45, 2.75) is 6.92 Å². The van der Waals surface area contributed by atoms with Crippen molar-refractivity contribution in [3.05, 3.63) is 27.5 Å². The van der Waals surface area contributed by atoms with Gasteiger partial charge in [-0.2, -0.15) is 0 Å². The lowest BCUT2D eigenvalue weighted by Gasteiger charge is -2.11. The van der Waals surface area contributed by atoms with Gasteiger partial charge in [-0.3, -0.25) is 14.4 Å². The highest BCUT2D eigenvalue weighted by Crippen LogP contribution is 2.32. The fraction of sp³-hybridized carbons (Fsp3) is 0.100. The summed E-state index contributed by atoms with van der Waals surface area (Å²) in [5.41, 5.74) is -0.302. The van der Waals surface area contributed by atoms with Crippen LogP contribution in [0.2, 0.25) is 5.15 Å². The van der Waals surface area contributed by atoms with E-state index in [1.807, 2.05) is 0 Å². The van der Waals surface area contributed by atoms with Gasteiger partial charge in [-0.25, -0.2) is 0 Å². The van der Waals surface area contributed by atoms with Gasteiger partial charge in [0.15, 0.2) is 6.29 Å². The number of halogens is 1. The molecule has 0 bridgehead atoms. The molecule has 2 N–H and O–H groups in total. The number of hydrogen-bond donors (Lipinski definition) is 2. The third-order valence-corrected chi connectivity index (χ3v) is 2.77. The standard InChI is InChI=1S/C10H6ClNO4/c1-3-7(14)6-5(9(16)8(3)15)4(2-13)10(11)12-6/h2,12,14H,1H3. The molecule has 0 aliphatic heterocycles. The predicted molar refractivity (Wildman–Crippen MR) is 55.8 cm³/mol. The number of allylic oxidation sites excluding steroid dienone is 1. The number of carbonyl (C=O) groups excluding carboxylic acids is 3. The maximum Gasteiger partial charge on any atom is 0.236 e. The largest absolute Gasteiger partial charge is 0.505 e. The maximum atomic E-state index is 11.6. The molecule has 0 radical (unpaired) electrons. The molecule has 1 aliphatic carbocycles. The van der Waals surface area contributed by atoms with Gasteiger partial charge in [0.2, 0.25) is 11.6 Å². The van der Waals surface area contributed by atoms with Crippen LogP contribution in [0, 0.1) is 0 Å². The molecule has 1 aliphatic rings. The molecule has 1 aromatic heterocycles. The van der Waals surface area contributed by atoms with E-state index < -0.39 is 11.6 Å². The van der Waals surface area contributed by atoms with Gasteiger partial charge < -0.3 is 10.1 Å². The Labute approximate surface area is 94.7 Å². The molecule has 16 heavy (non-hydrogen) atoms.